The molecule has 1 aromatic heterocycles. The summed E-state index contributed by atoms with van der Waals surface area (Å²) in [6, 6.07) is 12.0. The quantitative estimate of drug-likeness (QED) is 0.390. The van der Waals surface area contributed by atoms with Crippen LogP contribution in [0.3, 0.4) is 0 Å². The van der Waals surface area contributed by atoms with Gasteiger partial charge >= 0.3 is 6.18 Å². The van der Waals surface area contributed by atoms with Crippen LogP contribution in [0.2, 0.25) is 0 Å². The molecule has 0 saturated carbocycles. The van der Waals surface area contributed by atoms with Gasteiger partial charge in [-0.3, -0.25) is 4.79 Å². The smallest absolute Gasteiger partial charge is 0.348 e. The fourth-order valence-corrected chi connectivity index (χ4v) is 3.95. The zero-order valence-electron chi connectivity index (χ0n) is 16.8. The van der Waals surface area contributed by atoms with E-state index in [0.29, 0.717) is 23.4 Å². The first kappa shape index (κ1) is 22.6. The lowest BCUT2D eigenvalue weighted by molar-refractivity contribution is -0.137. The SMILES string of the molecule is C=CCn1c(C)nnc1SCc1ccccc1C(=O)NCc1cccc(C(F)(F)F)c1. The van der Waals surface area contributed by atoms with Gasteiger partial charge in [0.2, 0.25) is 0 Å². The third kappa shape index (κ3) is 5.75. The average Bonchev–Trinajstić information content (AvgIpc) is 3.10. The summed E-state index contributed by atoms with van der Waals surface area (Å²) >= 11 is 1.45. The van der Waals surface area contributed by atoms with E-state index in [9.17, 15) is 18.0 Å². The maximum atomic E-state index is 12.9. The van der Waals surface area contributed by atoms with Crippen molar-refractivity contribution in [2.75, 3.05) is 0 Å². The molecule has 1 amide bonds. The average molecular weight is 446 g/mol. The molecule has 1 heterocycles. The Morgan fingerprint density at radius 3 is 2.71 bits per heavy atom. The second-order valence-corrected chi connectivity index (χ2v) is 7.70. The summed E-state index contributed by atoms with van der Waals surface area (Å²) in [4.78, 5) is 12.7. The molecule has 0 spiro atoms. The Morgan fingerprint density at radius 2 is 1.97 bits per heavy atom. The summed E-state index contributed by atoms with van der Waals surface area (Å²) in [6.07, 6.45) is -2.66. The fourth-order valence-electron chi connectivity index (χ4n) is 2.95. The van der Waals surface area contributed by atoms with Crippen molar-refractivity contribution in [1.29, 1.82) is 0 Å². The van der Waals surface area contributed by atoms with Crippen LogP contribution < -0.4 is 5.32 Å². The third-order valence-electron chi connectivity index (χ3n) is 4.54. The van der Waals surface area contributed by atoms with Gasteiger partial charge in [-0.2, -0.15) is 13.2 Å². The van der Waals surface area contributed by atoms with Gasteiger partial charge in [0.05, 0.1) is 5.56 Å². The zero-order chi connectivity index (χ0) is 22.4. The number of benzene rings is 2. The van der Waals surface area contributed by atoms with E-state index in [1.54, 1.807) is 24.3 Å². The summed E-state index contributed by atoms with van der Waals surface area (Å²) in [5.74, 6) is 0.912. The number of hydrogen-bond acceptors (Lipinski definition) is 4. The van der Waals surface area contributed by atoms with Crippen LogP contribution in [0.4, 0.5) is 13.2 Å². The number of alkyl halides is 3. The molecule has 1 N–H and O–H groups in total. The van der Waals surface area contributed by atoms with Crippen molar-refractivity contribution < 1.29 is 18.0 Å². The molecule has 0 fully saturated rings. The summed E-state index contributed by atoms with van der Waals surface area (Å²) in [5.41, 5.74) is 0.895. The van der Waals surface area contributed by atoms with E-state index in [4.69, 9.17) is 0 Å². The van der Waals surface area contributed by atoms with Gasteiger partial charge in [0.15, 0.2) is 5.16 Å². The number of allylic oxidation sites excluding steroid dienone is 1. The van der Waals surface area contributed by atoms with Crippen LogP contribution in [0, 0.1) is 6.92 Å². The standard InChI is InChI=1S/C22H21F3N4OS/c1-3-11-29-15(2)27-28-21(29)31-14-17-8-4-5-10-19(17)20(30)26-13-16-7-6-9-18(12-16)22(23,24)25/h3-10,12H,1,11,13-14H2,2H3,(H,26,30). The second-order valence-electron chi connectivity index (χ2n) is 6.76. The van der Waals surface area contributed by atoms with E-state index in [-0.39, 0.29) is 12.5 Å². The van der Waals surface area contributed by atoms with Gasteiger partial charge in [-0.25, -0.2) is 0 Å². The Kier molecular flexibility index (Phi) is 7.17. The van der Waals surface area contributed by atoms with Crippen molar-refractivity contribution in [2.45, 2.75) is 37.1 Å². The number of nitrogens with one attached hydrogen (secondary N) is 1. The highest BCUT2D eigenvalue weighted by molar-refractivity contribution is 7.98. The molecule has 162 valence electrons. The Labute approximate surface area is 182 Å². The van der Waals surface area contributed by atoms with E-state index in [2.05, 4.69) is 22.1 Å². The van der Waals surface area contributed by atoms with E-state index in [0.717, 1.165) is 28.7 Å². The summed E-state index contributed by atoms with van der Waals surface area (Å²) < 4.78 is 40.6. The molecule has 3 rings (SSSR count). The van der Waals surface area contributed by atoms with Crippen LogP contribution in [0.5, 0.6) is 0 Å². The molecule has 31 heavy (non-hydrogen) atoms. The number of halogens is 3. The topological polar surface area (TPSA) is 59.8 Å². The van der Waals surface area contributed by atoms with E-state index >= 15 is 0 Å². The molecule has 0 atom stereocenters. The molecule has 0 bridgehead atoms. The number of thioether (sulfide) groups is 1. The summed E-state index contributed by atoms with van der Waals surface area (Å²) in [6.45, 7) is 6.17. The number of carbonyl (C=O) groups excluding carboxylic acids is 1. The predicted octanol–water partition coefficient (Wildman–Crippen LogP) is 5.01. The first-order chi connectivity index (χ1) is 14.8. The maximum absolute atomic E-state index is 12.9. The highest BCUT2D eigenvalue weighted by Crippen LogP contribution is 2.29. The number of aromatic nitrogens is 3. The number of hydrogen-bond donors (Lipinski definition) is 1. The highest BCUT2D eigenvalue weighted by Gasteiger charge is 2.30. The van der Waals surface area contributed by atoms with Crippen molar-refractivity contribution in [3.05, 3.63) is 89.3 Å². The highest BCUT2D eigenvalue weighted by atomic mass is 32.2. The maximum Gasteiger partial charge on any atom is 0.416 e. The molecule has 0 aliphatic heterocycles. The molecule has 0 radical (unpaired) electrons. The van der Waals surface area contributed by atoms with Gasteiger partial charge < -0.3 is 9.88 Å². The molecule has 0 unspecified atom stereocenters. The van der Waals surface area contributed by atoms with Crippen LogP contribution in [0.1, 0.15) is 32.9 Å². The van der Waals surface area contributed by atoms with Gasteiger partial charge in [0.25, 0.3) is 5.91 Å². The molecule has 0 aliphatic rings. The van der Waals surface area contributed by atoms with E-state index < -0.39 is 11.7 Å². The van der Waals surface area contributed by atoms with Gasteiger partial charge in [-0.1, -0.05) is 48.2 Å². The lowest BCUT2D eigenvalue weighted by Crippen LogP contribution is -2.24. The van der Waals surface area contributed by atoms with E-state index in [1.807, 2.05) is 23.6 Å². The number of rotatable bonds is 8. The monoisotopic (exact) mass is 446 g/mol. The van der Waals surface area contributed by atoms with Gasteiger partial charge in [0, 0.05) is 24.4 Å². The van der Waals surface area contributed by atoms with Crippen molar-refractivity contribution >= 4 is 17.7 Å². The van der Waals surface area contributed by atoms with Crippen molar-refractivity contribution in [3.8, 4) is 0 Å². The Morgan fingerprint density at radius 1 is 1.19 bits per heavy atom. The molecular formula is C22H21F3N4OS. The molecule has 5 nitrogen and oxygen atoms in total. The minimum absolute atomic E-state index is 0.00289. The van der Waals surface area contributed by atoms with Crippen LogP contribution in [-0.4, -0.2) is 20.7 Å². The first-order valence-electron chi connectivity index (χ1n) is 9.45. The third-order valence-corrected chi connectivity index (χ3v) is 5.56. The normalized spacial score (nSPS) is 11.4. The van der Waals surface area contributed by atoms with Crippen molar-refractivity contribution in [3.63, 3.8) is 0 Å². The fraction of sp³-hybridized carbons (Fsp3) is 0.227. The van der Waals surface area contributed by atoms with Gasteiger partial charge in [-0.05, 0) is 36.2 Å². The van der Waals surface area contributed by atoms with Crippen LogP contribution in [0.15, 0.2) is 66.3 Å². The van der Waals surface area contributed by atoms with Gasteiger partial charge in [0.1, 0.15) is 5.82 Å². The van der Waals surface area contributed by atoms with E-state index in [1.165, 1.54) is 17.8 Å². The molecule has 9 heteroatoms. The molecule has 3 aromatic rings. The molecular weight excluding hydrogens is 425 g/mol. The molecule has 2 aromatic carbocycles. The number of nitrogens with zero attached hydrogens (tertiary/aromatic N) is 3. The lowest BCUT2D eigenvalue weighted by atomic mass is 10.1. The second kappa shape index (κ2) is 9.82. The first-order valence-corrected chi connectivity index (χ1v) is 10.4. The molecule has 0 saturated heterocycles. The van der Waals surface area contributed by atoms with Crippen LogP contribution in [0.25, 0.3) is 0 Å². The Balaban J connectivity index is 1.69. The van der Waals surface area contributed by atoms with Crippen molar-refractivity contribution in [2.24, 2.45) is 0 Å². The van der Waals surface area contributed by atoms with Gasteiger partial charge in [-0.15, -0.1) is 16.8 Å². The number of amides is 1. The minimum atomic E-state index is -4.42. The number of carbonyl (C=O) groups is 1. The summed E-state index contributed by atoms with van der Waals surface area (Å²) in [7, 11) is 0. The van der Waals surface area contributed by atoms with Crippen LogP contribution >= 0.6 is 11.8 Å². The lowest BCUT2D eigenvalue weighted by Gasteiger charge is -2.12. The molecule has 0 aliphatic carbocycles. The summed E-state index contributed by atoms with van der Waals surface area (Å²) in [5, 5.41) is 11.7. The largest absolute Gasteiger partial charge is 0.416 e. The van der Waals surface area contributed by atoms with Crippen molar-refractivity contribution in [1.82, 2.24) is 20.1 Å². The zero-order valence-corrected chi connectivity index (χ0v) is 17.6. The Hall–Kier alpha value is -3.07. The van der Waals surface area contributed by atoms with Crippen LogP contribution in [-0.2, 0) is 25.0 Å². The minimum Gasteiger partial charge on any atom is -0.348 e. The number of aryl methyl sites for hydroxylation is 1. The predicted molar refractivity (Wildman–Crippen MR) is 114 cm³/mol. The Bertz CT molecular complexity index is 1080.